The van der Waals surface area contributed by atoms with Crippen LogP contribution >= 0.6 is 12.0 Å². The monoisotopic (exact) mass is 434 g/mol. The third kappa shape index (κ3) is 7.68. The zero-order chi connectivity index (χ0) is 21.9. The summed E-state index contributed by atoms with van der Waals surface area (Å²) in [4.78, 5) is 0.974. The van der Waals surface area contributed by atoms with Gasteiger partial charge < -0.3 is 25.1 Å². The highest BCUT2D eigenvalue weighted by atomic mass is 32.2. The van der Waals surface area contributed by atoms with Crippen molar-refractivity contribution in [2.75, 3.05) is 12.3 Å². The molecule has 6 heteroatoms. The summed E-state index contributed by atoms with van der Waals surface area (Å²) in [5.41, 5.74) is 13.0. The molecule has 3 aromatic rings. The van der Waals surface area contributed by atoms with Crippen LogP contribution in [0.1, 0.15) is 13.3 Å². The Morgan fingerprint density at radius 3 is 2.32 bits per heavy atom. The number of ether oxygens (including phenoxy) is 2. The number of hydrogen-bond acceptors (Lipinski definition) is 6. The average Bonchev–Trinajstić information content (AvgIpc) is 2.79. The van der Waals surface area contributed by atoms with Crippen molar-refractivity contribution in [3.8, 4) is 23.0 Å². The van der Waals surface area contributed by atoms with Gasteiger partial charge in [0.05, 0.1) is 12.0 Å². The smallest absolute Gasteiger partial charge is 0.138 e. The van der Waals surface area contributed by atoms with E-state index in [1.807, 2.05) is 91.9 Å². The van der Waals surface area contributed by atoms with E-state index in [0.717, 1.165) is 28.5 Å². The van der Waals surface area contributed by atoms with Crippen LogP contribution in [0.3, 0.4) is 0 Å². The second kappa shape index (κ2) is 11.6. The summed E-state index contributed by atoms with van der Waals surface area (Å²) in [6, 6.07) is 22.5. The van der Waals surface area contributed by atoms with Gasteiger partial charge in [0.2, 0.25) is 0 Å². The van der Waals surface area contributed by atoms with Crippen LogP contribution in [-0.2, 0) is 0 Å². The third-order valence-electron chi connectivity index (χ3n) is 4.18. The van der Waals surface area contributed by atoms with Gasteiger partial charge in [-0.3, -0.25) is 0 Å². The summed E-state index contributed by atoms with van der Waals surface area (Å²) >= 11 is 1.28. The van der Waals surface area contributed by atoms with Crippen LogP contribution < -0.4 is 25.1 Å². The van der Waals surface area contributed by atoms with Crippen molar-refractivity contribution in [2.45, 2.75) is 18.2 Å². The van der Waals surface area contributed by atoms with Crippen molar-refractivity contribution in [2.24, 2.45) is 5.73 Å². The van der Waals surface area contributed by atoms with E-state index >= 15 is 0 Å². The first-order valence-corrected chi connectivity index (χ1v) is 10.7. The van der Waals surface area contributed by atoms with Crippen LogP contribution in [0, 0.1) is 0 Å². The Balaban J connectivity index is 1.44. The Morgan fingerprint density at radius 1 is 0.903 bits per heavy atom. The molecule has 0 spiro atoms. The number of hydrogen-bond donors (Lipinski definition) is 2. The maximum absolute atomic E-state index is 5.78. The van der Waals surface area contributed by atoms with E-state index in [4.69, 9.17) is 25.1 Å². The summed E-state index contributed by atoms with van der Waals surface area (Å²) in [6.45, 7) is 2.51. The van der Waals surface area contributed by atoms with Gasteiger partial charge in [0.15, 0.2) is 0 Å². The van der Waals surface area contributed by atoms with Gasteiger partial charge in [-0.1, -0.05) is 19.1 Å². The molecule has 0 unspecified atom stereocenters. The lowest BCUT2D eigenvalue weighted by Gasteiger charge is -2.08. The summed E-state index contributed by atoms with van der Waals surface area (Å²) in [5, 5.41) is 0. The van der Waals surface area contributed by atoms with Crippen molar-refractivity contribution in [1.82, 2.24) is 0 Å². The van der Waals surface area contributed by atoms with Crippen LogP contribution in [0.4, 0.5) is 5.69 Å². The lowest BCUT2D eigenvalue weighted by Crippen LogP contribution is -1.94. The minimum absolute atomic E-state index is 0.487. The van der Waals surface area contributed by atoms with Crippen LogP contribution in [0.15, 0.2) is 102 Å². The van der Waals surface area contributed by atoms with E-state index < -0.39 is 0 Å². The molecule has 0 radical (unpaired) electrons. The zero-order valence-electron chi connectivity index (χ0n) is 17.4. The zero-order valence-corrected chi connectivity index (χ0v) is 18.2. The van der Waals surface area contributed by atoms with E-state index in [9.17, 15) is 0 Å². The third-order valence-corrected chi connectivity index (χ3v) is 4.92. The number of nitrogen functional groups attached to an aromatic ring is 1. The van der Waals surface area contributed by atoms with E-state index in [1.54, 1.807) is 6.07 Å². The van der Waals surface area contributed by atoms with Crippen LogP contribution in [0.25, 0.3) is 0 Å². The van der Waals surface area contributed by atoms with Crippen molar-refractivity contribution in [3.63, 3.8) is 0 Å². The van der Waals surface area contributed by atoms with Crippen molar-refractivity contribution >= 4 is 17.7 Å². The predicted octanol–water partition coefficient (Wildman–Crippen LogP) is 6.33. The molecular formula is C25H26N2O3S. The number of anilines is 1. The van der Waals surface area contributed by atoms with E-state index in [2.05, 4.69) is 0 Å². The highest BCUT2D eigenvalue weighted by Gasteiger charge is 2.02. The van der Waals surface area contributed by atoms with E-state index in [1.165, 1.54) is 12.0 Å². The number of nitrogens with two attached hydrogens (primary N) is 2. The van der Waals surface area contributed by atoms with Crippen molar-refractivity contribution in [3.05, 3.63) is 96.7 Å². The highest BCUT2D eigenvalue weighted by Crippen LogP contribution is 2.29. The van der Waals surface area contributed by atoms with Crippen molar-refractivity contribution < 1.29 is 13.7 Å². The average molecular weight is 435 g/mol. The largest absolute Gasteiger partial charge is 0.490 e. The summed E-state index contributed by atoms with van der Waals surface area (Å²) in [5.74, 6) is 2.94. The molecule has 5 nitrogen and oxygen atoms in total. The molecule has 0 amide bonds. The normalized spacial score (nSPS) is 11.5. The maximum Gasteiger partial charge on any atom is 0.138 e. The summed E-state index contributed by atoms with van der Waals surface area (Å²) in [7, 11) is 0. The Bertz CT molecular complexity index is 1020. The molecule has 3 rings (SSSR count). The summed E-state index contributed by atoms with van der Waals surface area (Å²) < 4.78 is 17.2. The minimum Gasteiger partial charge on any atom is -0.490 e. The number of rotatable bonds is 10. The first-order chi connectivity index (χ1) is 15.1. The van der Waals surface area contributed by atoms with Gasteiger partial charge in [-0.05, 0) is 79.2 Å². The van der Waals surface area contributed by atoms with Gasteiger partial charge in [-0.2, -0.15) is 0 Å². The van der Waals surface area contributed by atoms with Gasteiger partial charge in [-0.25, -0.2) is 0 Å². The molecule has 4 N–H and O–H groups in total. The van der Waals surface area contributed by atoms with Gasteiger partial charge in [0.1, 0.15) is 29.6 Å². The number of benzene rings is 3. The van der Waals surface area contributed by atoms with Gasteiger partial charge in [-0.15, -0.1) is 0 Å². The first-order valence-electron chi connectivity index (χ1n) is 9.94. The van der Waals surface area contributed by atoms with Gasteiger partial charge in [0, 0.05) is 22.3 Å². The fraction of sp³-hybridized carbons (Fsp3) is 0.120. The fourth-order valence-corrected chi connectivity index (χ4v) is 3.03. The first kappa shape index (κ1) is 22.2. The Labute approximate surface area is 187 Å². The molecule has 0 saturated heterocycles. The van der Waals surface area contributed by atoms with E-state index in [0.29, 0.717) is 23.8 Å². The quantitative estimate of drug-likeness (QED) is 0.220. The minimum atomic E-state index is 0.487. The fourth-order valence-electron chi connectivity index (χ4n) is 2.47. The molecule has 160 valence electrons. The molecule has 0 fully saturated rings. The lowest BCUT2D eigenvalue weighted by molar-refractivity contribution is 0.362. The van der Waals surface area contributed by atoms with Crippen LogP contribution in [0.5, 0.6) is 23.0 Å². The Kier molecular flexibility index (Phi) is 8.31. The molecule has 3 aromatic carbocycles. The standard InChI is InChI=1S/C25H26N2O3S/c1-2-19(26)6-3-4-17-28-21-13-15-25(16-14-21)31-30-23-11-9-22(10-12-23)29-24-8-5-7-20(27)18-24/h3-16,18H,2,17,26-27H2,1H3/b4-3-,19-6+. The molecule has 0 bridgehead atoms. The molecule has 31 heavy (non-hydrogen) atoms. The molecule has 0 aromatic heterocycles. The van der Waals surface area contributed by atoms with Gasteiger partial charge >= 0.3 is 0 Å². The molecule has 0 aliphatic heterocycles. The van der Waals surface area contributed by atoms with Crippen molar-refractivity contribution in [1.29, 1.82) is 0 Å². The summed E-state index contributed by atoms with van der Waals surface area (Å²) in [6.07, 6.45) is 6.56. The molecule has 0 heterocycles. The second-order valence-corrected chi connectivity index (χ2v) is 7.42. The Morgan fingerprint density at radius 2 is 1.61 bits per heavy atom. The maximum atomic E-state index is 5.78. The molecular weight excluding hydrogens is 408 g/mol. The molecule has 0 saturated carbocycles. The van der Waals surface area contributed by atoms with Crippen LogP contribution in [-0.4, -0.2) is 6.61 Å². The van der Waals surface area contributed by atoms with E-state index in [-0.39, 0.29) is 0 Å². The highest BCUT2D eigenvalue weighted by molar-refractivity contribution is 7.95. The topological polar surface area (TPSA) is 79.7 Å². The predicted molar refractivity (Wildman–Crippen MR) is 127 cm³/mol. The molecule has 0 aliphatic rings. The molecule has 0 atom stereocenters. The molecule has 0 aliphatic carbocycles. The number of allylic oxidation sites excluding steroid dienone is 3. The Hall–Kier alpha value is -3.51. The van der Waals surface area contributed by atoms with Crippen LogP contribution in [0.2, 0.25) is 0 Å². The second-order valence-electron chi connectivity index (χ2n) is 6.62. The van der Waals surface area contributed by atoms with Gasteiger partial charge in [0.25, 0.3) is 0 Å². The SMILES string of the molecule is CC/C(N)=C\C=C/COc1ccc(SOc2ccc(Oc3cccc(N)c3)cc2)cc1. The lowest BCUT2D eigenvalue weighted by atomic mass is 10.3.